The number of hydrogen-bond acceptors (Lipinski definition) is 2. The van der Waals surface area contributed by atoms with E-state index in [1.165, 1.54) is 0 Å². The van der Waals surface area contributed by atoms with Crippen molar-refractivity contribution in [3.8, 4) is 0 Å². The van der Waals surface area contributed by atoms with Crippen molar-refractivity contribution >= 4 is 11.9 Å². The van der Waals surface area contributed by atoms with Crippen LogP contribution in [-0.4, -0.2) is 34.5 Å². The van der Waals surface area contributed by atoms with Crippen LogP contribution in [-0.2, 0) is 4.79 Å². The Morgan fingerprint density at radius 1 is 1.23 bits per heavy atom. The van der Waals surface area contributed by atoms with Gasteiger partial charge in [0.05, 0.1) is 5.92 Å². The van der Waals surface area contributed by atoms with E-state index in [2.05, 4.69) is 0 Å². The smallest absolute Gasteiger partial charge is 0.308 e. The summed E-state index contributed by atoms with van der Waals surface area (Å²) in [5, 5.41) is 9.17. The Bertz CT molecular complexity index is 561. The lowest BCUT2D eigenvalue weighted by atomic mass is 10.0. The standard InChI is InChI=1S/C18H25NO3/c1-12-8-9-15(10-13(12)2)17(20)19(11-14(3)18(21)22)16-6-4-5-7-16/h8-10,14,16H,4-7,11H2,1-3H3,(H,21,22). The number of amides is 1. The fourth-order valence-electron chi connectivity index (χ4n) is 3.03. The summed E-state index contributed by atoms with van der Waals surface area (Å²) in [6.45, 7) is 5.96. The molecule has 1 fully saturated rings. The van der Waals surface area contributed by atoms with Gasteiger partial charge in [0, 0.05) is 18.2 Å². The molecule has 0 aliphatic heterocycles. The predicted octanol–water partition coefficient (Wildman–Crippen LogP) is 3.41. The number of carbonyl (C=O) groups is 2. The minimum atomic E-state index is -0.851. The van der Waals surface area contributed by atoms with E-state index in [1.54, 1.807) is 11.8 Å². The number of aliphatic carboxylic acids is 1. The van der Waals surface area contributed by atoms with Gasteiger partial charge in [-0.3, -0.25) is 9.59 Å². The summed E-state index contributed by atoms with van der Waals surface area (Å²) < 4.78 is 0. The molecule has 1 amide bonds. The molecule has 0 bridgehead atoms. The van der Waals surface area contributed by atoms with Crippen LogP contribution in [0.4, 0.5) is 0 Å². The van der Waals surface area contributed by atoms with Crippen molar-refractivity contribution in [3.63, 3.8) is 0 Å². The topological polar surface area (TPSA) is 57.6 Å². The molecule has 4 nitrogen and oxygen atoms in total. The first kappa shape index (κ1) is 16.5. The van der Waals surface area contributed by atoms with Gasteiger partial charge in [-0.25, -0.2) is 0 Å². The highest BCUT2D eigenvalue weighted by atomic mass is 16.4. The van der Waals surface area contributed by atoms with E-state index in [4.69, 9.17) is 5.11 Å². The van der Waals surface area contributed by atoms with Gasteiger partial charge in [0.25, 0.3) is 5.91 Å². The fourth-order valence-corrected chi connectivity index (χ4v) is 3.03. The zero-order valence-electron chi connectivity index (χ0n) is 13.6. The summed E-state index contributed by atoms with van der Waals surface area (Å²) in [6.07, 6.45) is 4.18. The predicted molar refractivity (Wildman–Crippen MR) is 86.0 cm³/mol. The van der Waals surface area contributed by atoms with Crippen LogP contribution in [0.25, 0.3) is 0 Å². The molecule has 1 aliphatic carbocycles. The van der Waals surface area contributed by atoms with Crippen LogP contribution in [0.5, 0.6) is 0 Å². The van der Waals surface area contributed by atoms with Crippen LogP contribution in [0.2, 0.25) is 0 Å². The number of aryl methyl sites for hydroxylation is 2. The van der Waals surface area contributed by atoms with Crippen molar-refractivity contribution in [2.75, 3.05) is 6.54 Å². The lowest BCUT2D eigenvalue weighted by Gasteiger charge is -2.30. The van der Waals surface area contributed by atoms with E-state index < -0.39 is 11.9 Å². The Balaban J connectivity index is 2.24. The van der Waals surface area contributed by atoms with Gasteiger partial charge < -0.3 is 10.0 Å². The van der Waals surface area contributed by atoms with Crippen LogP contribution in [0.1, 0.15) is 54.1 Å². The van der Waals surface area contributed by atoms with Crippen molar-refractivity contribution < 1.29 is 14.7 Å². The number of benzene rings is 1. The Hall–Kier alpha value is -1.84. The lowest BCUT2D eigenvalue weighted by molar-refractivity contribution is -0.141. The molecule has 4 heteroatoms. The maximum absolute atomic E-state index is 12.9. The average molecular weight is 303 g/mol. The van der Waals surface area contributed by atoms with Crippen LogP contribution in [0, 0.1) is 19.8 Å². The maximum Gasteiger partial charge on any atom is 0.308 e. The summed E-state index contributed by atoms with van der Waals surface area (Å²) in [7, 11) is 0. The lowest BCUT2D eigenvalue weighted by Crippen LogP contribution is -2.43. The second-order valence-electron chi connectivity index (χ2n) is 6.43. The molecule has 120 valence electrons. The summed E-state index contributed by atoms with van der Waals surface area (Å²) in [5.74, 6) is -1.44. The normalized spacial score (nSPS) is 16.5. The molecule has 22 heavy (non-hydrogen) atoms. The molecule has 2 rings (SSSR count). The summed E-state index contributed by atoms with van der Waals surface area (Å²) >= 11 is 0. The second-order valence-corrected chi connectivity index (χ2v) is 6.43. The third-order valence-electron chi connectivity index (χ3n) is 4.67. The molecular weight excluding hydrogens is 278 g/mol. The Labute approximate surface area is 132 Å². The van der Waals surface area contributed by atoms with E-state index in [-0.39, 0.29) is 18.5 Å². The molecule has 1 aromatic rings. The summed E-state index contributed by atoms with van der Waals surface area (Å²) in [6, 6.07) is 5.88. The summed E-state index contributed by atoms with van der Waals surface area (Å²) in [5.41, 5.74) is 2.90. The third-order valence-corrected chi connectivity index (χ3v) is 4.67. The Kier molecular flexibility index (Phi) is 5.22. The van der Waals surface area contributed by atoms with Crippen molar-refractivity contribution in [2.24, 2.45) is 5.92 Å². The zero-order chi connectivity index (χ0) is 16.3. The number of carbonyl (C=O) groups excluding carboxylic acids is 1. The van der Waals surface area contributed by atoms with E-state index in [1.807, 2.05) is 32.0 Å². The maximum atomic E-state index is 12.9. The molecular formula is C18H25NO3. The third kappa shape index (κ3) is 3.67. The number of carboxylic acid groups (broad SMARTS) is 1. The largest absolute Gasteiger partial charge is 0.481 e. The minimum absolute atomic E-state index is 0.0388. The van der Waals surface area contributed by atoms with Crippen molar-refractivity contribution in [3.05, 3.63) is 34.9 Å². The van der Waals surface area contributed by atoms with E-state index in [9.17, 15) is 9.59 Å². The molecule has 1 unspecified atom stereocenters. The zero-order valence-corrected chi connectivity index (χ0v) is 13.6. The molecule has 0 saturated heterocycles. The first-order valence-electron chi connectivity index (χ1n) is 8.01. The van der Waals surface area contributed by atoms with E-state index in [0.717, 1.165) is 36.8 Å². The SMILES string of the molecule is Cc1ccc(C(=O)N(CC(C)C(=O)O)C2CCCC2)cc1C. The van der Waals surface area contributed by atoms with E-state index >= 15 is 0 Å². The first-order chi connectivity index (χ1) is 10.4. The number of hydrogen-bond donors (Lipinski definition) is 1. The molecule has 1 atom stereocenters. The van der Waals surface area contributed by atoms with Gasteiger partial charge in [0.2, 0.25) is 0 Å². The van der Waals surface area contributed by atoms with Gasteiger partial charge >= 0.3 is 5.97 Å². The minimum Gasteiger partial charge on any atom is -0.481 e. The molecule has 1 aromatic carbocycles. The molecule has 0 radical (unpaired) electrons. The quantitative estimate of drug-likeness (QED) is 0.907. The van der Waals surface area contributed by atoms with Gasteiger partial charge in [0.1, 0.15) is 0 Å². The summed E-state index contributed by atoms with van der Waals surface area (Å²) in [4.78, 5) is 25.8. The van der Waals surface area contributed by atoms with Gasteiger partial charge in [-0.05, 0) is 49.9 Å². The highest BCUT2D eigenvalue weighted by Crippen LogP contribution is 2.26. The average Bonchev–Trinajstić information content (AvgIpc) is 3.00. The highest BCUT2D eigenvalue weighted by Gasteiger charge is 2.30. The van der Waals surface area contributed by atoms with E-state index in [0.29, 0.717) is 5.56 Å². The molecule has 1 saturated carbocycles. The van der Waals surface area contributed by atoms with Gasteiger partial charge in [-0.15, -0.1) is 0 Å². The monoisotopic (exact) mass is 303 g/mol. The van der Waals surface area contributed by atoms with Crippen LogP contribution >= 0.6 is 0 Å². The number of nitrogens with zero attached hydrogens (tertiary/aromatic N) is 1. The molecule has 0 aromatic heterocycles. The van der Waals surface area contributed by atoms with Crippen LogP contribution in [0.3, 0.4) is 0 Å². The highest BCUT2D eigenvalue weighted by molar-refractivity contribution is 5.95. The van der Waals surface area contributed by atoms with Crippen LogP contribution < -0.4 is 0 Å². The molecule has 0 heterocycles. The number of rotatable bonds is 5. The molecule has 0 spiro atoms. The van der Waals surface area contributed by atoms with Gasteiger partial charge in [0.15, 0.2) is 0 Å². The molecule has 1 N–H and O–H groups in total. The van der Waals surface area contributed by atoms with Crippen molar-refractivity contribution in [2.45, 2.75) is 52.5 Å². The van der Waals surface area contributed by atoms with Gasteiger partial charge in [-0.1, -0.05) is 25.8 Å². The van der Waals surface area contributed by atoms with Gasteiger partial charge in [-0.2, -0.15) is 0 Å². The Morgan fingerprint density at radius 2 is 1.86 bits per heavy atom. The number of carboxylic acids is 1. The Morgan fingerprint density at radius 3 is 2.41 bits per heavy atom. The van der Waals surface area contributed by atoms with Crippen molar-refractivity contribution in [1.29, 1.82) is 0 Å². The first-order valence-corrected chi connectivity index (χ1v) is 8.01. The van der Waals surface area contributed by atoms with Crippen molar-refractivity contribution in [1.82, 2.24) is 4.90 Å². The second kappa shape index (κ2) is 6.95. The van der Waals surface area contributed by atoms with Crippen LogP contribution in [0.15, 0.2) is 18.2 Å². The fraction of sp³-hybridized carbons (Fsp3) is 0.556. The molecule has 1 aliphatic rings.